The number of carbonyl (C=O) groups is 1. The molecule has 0 aliphatic carbocycles. The second-order valence-electron chi connectivity index (χ2n) is 5.61. The van der Waals surface area contributed by atoms with Gasteiger partial charge in [0.15, 0.2) is 0 Å². The van der Waals surface area contributed by atoms with Crippen LogP contribution in [-0.2, 0) is 6.42 Å². The van der Waals surface area contributed by atoms with E-state index in [1.807, 2.05) is 0 Å². The summed E-state index contributed by atoms with van der Waals surface area (Å²) in [7, 11) is 0. The molecule has 23 heavy (non-hydrogen) atoms. The van der Waals surface area contributed by atoms with Crippen molar-refractivity contribution >= 4 is 5.91 Å². The monoisotopic (exact) mass is 318 g/mol. The SMILES string of the molecule is Cc1nnc(CCN2CCN(C(=O)c3cccc(F)c3)CC2)o1. The fraction of sp³-hybridized carbons (Fsp3) is 0.438. The standard InChI is InChI=1S/C16H19FN4O2/c1-12-18-19-15(23-12)5-6-20-7-9-21(10-8-20)16(22)13-3-2-4-14(17)11-13/h2-4,11H,5-10H2,1H3. The average molecular weight is 318 g/mol. The van der Waals surface area contributed by atoms with Gasteiger partial charge in [-0.05, 0) is 18.2 Å². The first-order valence-electron chi connectivity index (χ1n) is 7.68. The van der Waals surface area contributed by atoms with Crippen LogP contribution in [0.5, 0.6) is 0 Å². The molecule has 0 unspecified atom stereocenters. The summed E-state index contributed by atoms with van der Waals surface area (Å²) in [5.41, 5.74) is 0.403. The Bertz CT molecular complexity index is 680. The van der Waals surface area contributed by atoms with Gasteiger partial charge in [-0.15, -0.1) is 10.2 Å². The molecule has 2 heterocycles. The summed E-state index contributed by atoms with van der Waals surface area (Å²) in [5.74, 6) is 0.715. The van der Waals surface area contributed by atoms with Crippen molar-refractivity contribution in [1.29, 1.82) is 0 Å². The molecule has 0 N–H and O–H groups in total. The van der Waals surface area contributed by atoms with Gasteiger partial charge in [-0.3, -0.25) is 9.69 Å². The van der Waals surface area contributed by atoms with Crippen LogP contribution >= 0.6 is 0 Å². The number of aryl methyl sites for hydroxylation is 1. The normalized spacial score (nSPS) is 15.8. The fourth-order valence-electron chi connectivity index (χ4n) is 2.67. The van der Waals surface area contributed by atoms with Gasteiger partial charge in [-0.25, -0.2) is 4.39 Å². The summed E-state index contributed by atoms with van der Waals surface area (Å²) in [5, 5.41) is 7.79. The van der Waals surface area contributed by atoms with Crippen molar-refractivity contribution in [2.24, 2.45) is 0 Å². The number of aromatic nitrogens is 2. The maximum atomic E-state index is 13.2. The van der Waals surface area contributed by atoms with Crippen LogP contribution in [0.15, 0.2) is 28.7 Å². The summed E-state index contributed by atoms with van der Waals surface area (Å²) in [6.07, 6.45) is 0.707. The molecule has 1 saturated heterocycles. The highest BCUT2D eigenvalue weighted by Gasteiger charge is 2.22. The van der Waals surface area contributed by atoms with Gasteiger partial charge in [-0.2, -0.15) is 0 Å². The Morgan fingerprint density at radius 2 is 2.04 bits per heavy atom. The van der Waals surface area contributed by atoms with Crippen LogP contribution in [0.2, 0.25) is 0 Å². The Labute approximate surface area is 133 Å². The smallest absolute Gasteiger partial charge is 0.254 e. The van der Waals surface area contributed by atoms with E-state index < -0.39 is 0 Å². The highest BCUT2D eigenvalue weighted by atomic mass is 19.1. The van der Waals surface area contributed by atoms with Gasteiger partial charge < -0.3 is 9.32 Å². The highest BCUT2D eigenvalue weighted by molar-refractivity contribution is 5.94. The molecule has 2 aromatic rings. The van der Waals surface area contributed by atoms with Crippen molar-refractivity contribution in [2.75, 3.05) is 32.7 Å². The maximum absolute atomic E-state index is 13.2. The number of benzene rings is 1. The number of hydrogen-bond donors (Lipinski definition) is 0. The summed E-state index contributed by atoms with van der Waals surface area (Å²) in [6.45, 7) is 5.44. The molecule has 1 aromatic heterocycles. The third kappa shape index (κ3) is 3.92. The lowest BCUT2D eigenvalue weighted by Gasteiger charge is -2.34. The first-order chi connectivity index (χ1) is 11.1. The molecule has 7 heteroatoms. The molecule has 122 valence electrons. The largest absolute Gasteiger partial charge is 0.426 e. The van der Waals surface area contributed by atoms with Crippen LogP contribution in [0.4, 0.5) is 4.39 Å². The Hall–Kier alpha value is -2.28. The van der Waals surface area contributed by atoms with Gasteiger partial charge in [0, 0.05) is 51.6 Å². The topological polar surface area (TPSA) is 62.5 Å². The molecule has 6 nitrogen and oxygen atoms in total. The van der Waals surface area contributed by atoms with Crippen molar-refractivity contribution in [1.82, 2.24) is 20.0 Å². The molecule has 1 aliphatic heterocycles. The van der Waals surface area contributed by atoms with E-state index in [9.17, 15) is 9.18 Å². The predicted octanol–water partition coefficient (Wildman–Crippen LogP) is 1.52. The summed E-state index contributed by atoms with van der Waals surface area (Å²) < 4.78 is 18.6. The quantitative estimate of drug-likeness (QED) is 0.855. The van der Waals surface area contributed by atoms with Gasteiger partial charge >= 0.3 is 0 Å². The molecule has 0 spiro atoms. The Balaban J connectivity index is 1.49. The van der Waals surface area contributed by atoms with E-state index in [0.717, 1.165) is 19.6 Å². The van der Waals surface area contributed by atoms with Crippen LogP contribution in [0.3, 0.4) is 0 Å². The second kappa shape index (κ2) is 6.87. The predicted molar refractivity (Wildman–Crippen MR) is 81.5 cm³/mol. The molecule has 1 fully saturated rings. The fourth-order valence-corrected chi connectivity index (χ4v) is 2.67. The minimum absolute atomic E-state index is 0.114. The number of amides is 1. The molecular weight excluding hydrogens is 299 g/mol. The molecule has 0 radical (unpaired) electrons. The molecular formula is C16H19FN4O2. The molecule has 0 atom stereocenters. The zero-order valence-corrected chi connectivity index (χ0v) is 13.0. The van der Waals surface area contributed by atoms with E-state index >= 15 is 0 Å². The number of piperazine rings is 1. The molecule has 1 aromatic carbocycles. The summed E-state index contributed by atoms with van der Waals surface area (Å²) in [4.78, 5) is 16.4. The van der Waals surface area contributed by atoms with E-state index in [0.29, 0.717) is 36.9 Å². The van der Waals surface area contributed by atoms with Crippen LogP contribution in [0, 0.1) is 12.7 Å². The van der Waals surface area contributed by atoms with Gasteiger partial charge in [0.1, 0.15) is 5.82 Å². The average Bonchev–Trinajstić information content (AvgIpc) is 2.98. The molecule has 0 bridgehead atoms. The second-order valence-corrected chi connectivity index (χ2v) is 5.61. The third-order valence-corrected chi connectivity index (χ3v) is 3.94. The maximum Gasteiger partial charge on any atom is 0.254 e. The molecule has 1 aliphatic rings. The van der Waals surface area contributed by atoms with Gasteiger partial charge in [0.2, 0.25) is 11.8 Å². The number of halogens is 1. The van der Waals surface area contributed by atoms with Crippen molar-refractivity contribution < 1.29 is 13.6 Å². The summed E-state index contributed by atoms with van der Waals surface area (Å²) >= 11 is 0. The van der Waals surface area contributed by atoms with Crippen molar-refractivity contribution in [3.05, 3.63) is 47.4 Å². The lowest BCUT2D eigenvalue weighted by atomic mass is 10.1. The van der Waals surface area contributed by atoms with Crippen LogP contribution < -0.4 is 0 Å². The Morgan fingerprint density at radius 1 is 1.26 bits per heavy atom. The first-order valence-corrected chi connectivity index (χ1v) is 7.68. The van der Waals surface area contributed by atoms with Crippen molar-refractivity contribution in [3.63, 3.8) is 0 Å². The lowest BCUT2D eigenvalue weighted by Crippen LogP contribution is -2.49. The van der Waals surface area contributed by atoms with E-state index in [2.05, 4.69) is 15.1 Å². The van der Waals surface area contributed by atoms with E-state index in [1.54, 1.807) is 24.0 Å². The number of hydrogen-bond acceptors (Lipinski definition) is 5. The third-order valence-electron chi connectivity index (χ3n) is 3.94. The number of carbonyl (C=O) groups excluding carboxylic acids is 1. The minimum Gasteiger partial charge on any atom is -0.426 e. The lowest BCUT2D eigenvalue weighted by molar-refractivity contribution is 0.0636. The van der Waals surface area contributed by atoms with Crippen LogP contribution in [-0.4, -0.2) is 58.6 Å². The van der Waals surface area contributed by atoms with Crippen molar-refractivity contribution in [3.8, 4) is 0 Å². The summed E-state index contributed by atoms with van der Waals surface area (Å²) in [6, 6.07) is 5.83. The van der Waals surface area contributed by atoms with Crippen LogP contribution in [0.25, 0.3) is 0 Å². The number of rotatable bonds is 4. The highest BCUT2D eigenvalue weighted by Crippen LogP contribution is 2.11. The van der Waals surface area contributed by atoms with E-state index in [4.69, 9.17) is 4.42 Å². The van der Waals surface area contributed by atoms with E-state index in [1.165, 1.54) is 12.1 Å². The first kappa shape index (κ1) is 15.6. The van der Waals surface area contributed by atoms with Crippen molar-refractivity contribution in [2.45, 2.75) is 13.3 Å². The molecule has 1 amide bonds. The molecule has 0 saturated carbocycles. The van der Waals surface area contributed by atoms with Gasteiger partial charge in [0.05, 0.1) is 0 Å². The Kier molecular flexibility index (Phi) is 4.66. The Morgan fingerprint density at radius 3 is 2.70 bits per heavy atom. The van der Waals surface area contributed by atoms with Gasteiger partial charge in [-0.1, -0.05) is 6.07 Å². The van der Waals surface area contributed by atoms with Crippen LogP contribution in [0.1, 0.15) is 22.1 Å². The number of nitrogens with zero attached hydrogens (tertiary/aromatic N) is 4. The minimum atomic E-state index is -0.385. The van der Waals surface area contributed by atoms with E-state index in [-0.39, 0.29) is 11.7 Å². The van der Waals surface area contributed by atoms with Gasteiger partial charge in [0.25, 0.3) is 5.91 Å². The zero-order chi connectivity index (χ0) is 16.2. The molecule has 3 rings (SSSR count). The zero-order valence-electron chi connectivity index (χ0n) is 13.0.